The van der Waals surface area contributed by atoms with E-state index in [1.165, 1.54) is 25.9 Å². The van der Waals surface area contributed by atoms with Gasteiger partial charge in [0.25, 0.3) is 0 Å². The van der Waals surface area contributed by atoms with E-state index in [4.69, 9.17) is 4.74 Å². The van der Waals surface area contributed by atoms with Crippen molar-refractivity contribution in [3.63, 3.8) is 0 Å². The Balaban J connectivity index is 1.33. The second-order valence-corrected chi connectivity index (χ2v) is 9.22. The Morgan fingerprint density at radius 1 is 0.879 bits per heavy atom. The third-order valence-corrected chi connectivity index (χ3v) is 6.73. The molecule has 0 spiro atoms. The number of hydrogen-bond donors (Lipinski definition) is 1. The van der Waals surface area contributed by atoms with E-state index < -0.39 is 12.1 Å². The molecule has 33 heavy (non-hydrogen) atoms. The minimum Gasteiger partial charge on any atom is -0.445 e. The van der Waals surface area contributed by atoms with E-state index in [1.54, 1.807) is 0 Å². The average Bonchev–Trinajstić information content (AvgIpc) is 3.37. The van der Waals surface area contributed by atoms with Gasteiger partial charge >= 0.3 is 6.09 Å². The molecule has 2 aromatic rings. The number of likely N-dealkylation sites (tertiary alicyclic amines) is 2. The molecule has 2 aliphatic rings. The number of ether oxygens (including phenoxy) is 1. The quantitative estimate of drug-likeness (QED) is 0.665. The molecule has 0 aromatic heterocycles. The van der Waals surface area contributed by atoms with Crippen LogP contribution in [0.5, 0.6) is 0 Å². The van der Waals surface area contributed by atoms with Crippen molar-refractivity contribution in [1.82, 2.24) is 15.1 Å². The summed E-state index contributed by atoms with van der Waals surface area (Å²) in [6.45, 7) is 5.27. The number of rotatable bonds is 8. The van der Waals surface area contributed by atoms with Crippen molar-refractivity contribution in [2.24, 2.45) is 5.92 Å². The highest BCUT2D eigenvalue weighted by Crippen LogP contribution is 2.21. The molecule has 0 aliphatic carbocycles. The summed E-state index contributed by atoms with van der Waals surface area (Å²) in [7, 11) is 0. The van der Waals surface area contributed by atoms with Gasteiger partial charge in [0.05, 0.1) is 0 Å². The number of hydrogen-bond acceptors (Lipinski definition) is 4. The minimum absolute atomic E-state index is 0.0184. The highest BCUT2D eigenvalue weighted by atomic mass is 16.5. The van der Waals surface area contributed by atoms with Crippen LogP contribution in [0.15, 0.2) is 60.7 Å². The van der Waals surface area contributed by atoms with Gasteiger partial charge in [0.15, 0.2) is 0 Å². The van der Waals surface area contributed by atoms with E-state index in [-0.39, 0.29) is 12.5 Å². The van der Waals surface area contributed by atoms with Gasteiger partial charge in [-0.3, -0.25) is 4.79 Å². The Morgan fingerprint density at radius 3 is 2.12 bits per heavy atom. The standard InChI is InChI=1S/C27H35N3O3/c31-26(30-17-13-23(14-18-30)20-29-15-7-8-16-29)25(19-22-9-3-1-4-10-22)28-27(32)33-21-24-11-5-2-6-12-24/h1-6,9-12,23,25H,7-8,13-21H2,(H,28,32). The number of carbonyl (C=O) groups is 2. The fraction of sp³-hybridized carbons (Fsp3) is 0.481. The van der Waals surface area contributed by atoms with Crippen LogP contribution < -0.4 is 5.32 Å². The van der Waals surface area contributed by atoms with Gasteiger partial charge in [-0.1, -0.05) is 60.7 Å². The highest BCUT2D eigenvalue weighted by Gasteiger charge is 2.30. The second-order valence-electron chi connectivity index (χ2n) is 9.22. The third kappa shape index (κ3) is 7.06. The summed E-state index contributed by atoms with van der Waals surface area (Å²) in [4.78, 5) is 30.4. The molecule has 2 saturated heterocycles. The summed E-state index contributed by atoms with van der Waals surface area (Å²) in [5, 5.41) is 2.84. The summed E-state index contributed by atoms with van der Waals surface area (Å²) in [6.07, 6.45) is 4.57. The number of nitrogens with one attached hydrogen (secondary N) is 1. The maximum atomic E-state index is 13.4. The zero-order valence-corrected chi connectivity index (χ0v) is 19.3. The van der Waals surface area contributed by atoms with Crippen LogP contribution in [0, 0.1) is 5.92 Å². The molecule has 1 atom stereocenters. The number of piperidine rings is 1. The summed E-state index contributed by atoms with van der Waals surface area (Å²) >= 11 is 0. The number of nitrogens with zero attached hydrogens (tertiary/aromatic N) is 2. The van der Waals surface area contributed by atoms with Crippen molar-refractivity contribution in [3.8, 4) is 0 Å². The second kappa shape index (κ2) is 11.8. The Morgan fingerprint density at radius 2 is 1.48 bits per heavy atom. The Hall–Kier alpha value is -2.86. The van der Waals surface area contributed by atoms with Crippen LogP contribution >= 0.6 is 0 Å². The molecule has 0 radical (unpaired) electrons. The number of carbonyl (C=O) groups excluding carboxylic acids is 2. The molecule has 0 bridgehead atoms. The highest BCUT2D eigenvalue weighted by molar-refractivity contribution is 5.86. The predicted octanol–water partition coefficient (Wildman–Crippen LogP) is 3.86. The first-order valence-corrected chi connectivity index (χ1v) is 12.2. The third-order valence-electron chi connectivity index (χ3n) is 6.73. The van der Waals surface area contributed by atoms with Gasteiger partial charge in [-0.05, 0) is 55.8 Å². The summed E-state index contributed by atoms with van der Waals surface area (Å²) < 4.78 is 5.40. The van der Waals surface area contributed by atoms with Crippen molar-refractivity contribution in [2.45, 2.75) is 44.8 Å². The summed E-state index contributed by atoms with van der Waals surface area (Å²) in [5.74, 6) is 0.638. The van der Waals surface area contributed by atoms with Crippen LogP contribution in [0.25, 0.3) is 0 Å². The van der Waals surface area contributed by atoms with Gasteiger partial charge < -0.3 is 19.9 Å². The largest absolute Gasteiger partial charge is 0.445 e. The average molecular weight is 450 g/mol. The first-order valence-electron chi connectivity index (χ1n) is 12.2. The maximum Gasteiger partial charge on any atom is 0.408 e. The van der Waals surface area contributed by atoms with Gasteiger partial charge in [-0.25, -0.2) is 4.79 Å². The van der Waals surface area contributed by atoms with Crippen molar-refractivity contribution in [1.29, 1.82) is 0 Å². The zero-order valence-electron chi connectivity index (χ0n) is 19.3. The molecule has 1 unspecified atom stereocenters. The molecule has 2 aromatic carbocycles. The van der Waals surface area contributed by atoms with Crippen LogP contribution in [0.4, 0.5) is 4.79 Å². The number of amides is 2. The van der Waals surface area contributed by atoms with Gasteiger partial charge in [-0.2, -0.15) is 0 Å². The number of benzene rings is 2. The molecular weight excluding hydrogens is 414 g/mol. The van der Waals surface area contributed by atoms with Crippen molar-refractivity contribution < 1.29 is 14.3 Å². The monoisotopic (exact) mass is 449 g/mol. The number of alkyl carbamates (subject to hydrolysis) is 1. The van der Waals surface area contributed by atoms with Gasteiger partial charge in [-0.15, -0.1) is 0 Å². The molecule has 2 fully saturated rings. The van der Waals surface area contributed by atoms with Crippen LogP contribution in [-0.2, 0) is 22.6 Å². The van der Waals surface area contributed by atoms with Crippen LogP contribution in [0.3, 0.4) is 0 Å². The lowest BCUT2D eigenvalue weighted by molar-refractivity contribution is -0.134. The van der Waals surface area contributed by atoms with Gasteiger partial charge in [0.1, 0.15) is 12.6 Å². The Labute approximate surface area is 196 Å². The fourth-order valence-corrected chi connectivity index (χ4v) is 4.84. The molecule has 176 valence electrons. The molecule has 2 heterocycles. The van der Waals surface area contributed by atoms with Crippen LogP contribution in [-0.4, -0.2) is 60.6 Å². The van der Waals surface area contributed by atoms with Crippen molar-refractivity contribution in [2.75, 3.05) is 32.7 Å². The lowest BCUT2D eigenvalue weighted by Crippen LogP contribution is -2.52. The molecule has 1 N–H and O–H groups in total. The van der Waals surface area contributed by atoms with E-state index >= 15 is 0 Å². The topological polar surface area (TPSA) is 61.9 Å². The van der Waals surface area contributed by atoms with Crippen molar-refractivity contribution in [3.05, 3.63) is 71.8 Å². The first-order chi connectivity index (χ1) is 16.2. The van der Waals surface area contributed by atoms with E-state index in [0.717, 1.165) is 43.6 Å². The lowest BCUT2D eigenvalue weighted by atomic mass is 9.95. The normalized spacial score (nSPS) is 18.1. The maximum absolute atomic E-state index is 13.4. The molecule has 0 saturated carbocycles. The summed E-state index contributed by atoms with van der Waals surface area (Å²) in [6, 6.07) is 18.8. The Bertz CT molecular complexity index is 876. The fourth-order valence-electron chi connectivity index (χ4n) is 4.84. The molecule has 6 heteroatoms. The Kier molecular flexibility index (Phi) is 8.36. The van der Waals surface area contributed by atoms with Gasteiger partial charge in [0, 0.05) is 26.1 Å². The smallest absolute Gasteiger partial charge is 0.408 e. The molecule has 2 amide bonds. The molecule has 6 nitrogen and oxygen atoms in total. The van der Waals surface area contributed by atoms with Crippen molar-refractivity contribution >= 4 is 12.0 Å². The zero-order chi connectivity index (χ0) is 22.9. The van der Waals surface area contributed by atoms with E-state index in [2.05, 4.69) is 10.2 Å². The minimum atomic E-state index is -0.634. The van der Waals surface area contributed by atoms with E-state index in [1.807, 2.05) is 65.6 Å². The van der Waals surface area contributed by atoms with Crippen LogP contribution in [0.2, 0.25) is 0 Å². The summed E-state index contributed by atoms with van der Waals surface area (Å²) in [5.41, 5.74) is 1.93. The predicted molar refractivity (Wildman–Crippen MR) is 129 cm³/mol. The van der Waals surface area contributed by atoms with E-state index in [9.17, 15) is 9.59 Å². The first kappa shape index (κ1) is 23.3. The van der Waals surface area contributed by atoms with Crippen LogP contribution in [0.1, 0.15) is 36.8 Å². The lowest BCUT2D eigenvalue weighted by Gasteiger charge is -2.35. The van der Waals surface area contributed by atoms with Gasteiger partial charge in [0.2, 0.25) is 5.91 Å². The SMILES string of the molecule is O=C(NC(Cc1ccccc1)C(=O)N1CCC(CN2CCCC2)CC1)OCc1ccccc1. The molecule has 4 rings (SSSR count). The molecule has 2 aliphatic heterocycles. The van der Waals surface area contributed by atoms with E-state index in [0.29, 0.717) is 12.3 Å². The molecular formula is C27H35N3O3.